The molecule has 0 unspecified atom stereocenters. The van der Waals surface area contributed by atoms with Crippen LogP contribution in [0.1, 0.15) is 53.9 Å². The second-order valence-electron chi connectivity index (χ2n) is 7.61. The number of hydrogen-bond acceptors (Lipinski definition) is 4. The average molecular weight is 326 g/mol. The monoisotopic (exact) mass is 326 g/mol. The first kappa shape index (κ1) is 20.0. The fourth-order valence-electron chi connectivity index (χ4n) is 2.80. The Hall–Kier alpha value is -1.07. The molecule has 3 N–H and O–H groups in total. The lowest BCUT2D eigenvalue weighted by Crippen LogP contribution is -2.46. The summed E-state index contributed by atoms with van der Waals surface area (Å²) < 4.78 is 5.32. The first-order chi connectivity index (χ1) is 10.7. The quantitative estimate of drug-likeness (QED) is 0.600. The summed E-state index contributed by atoms with van der Waals surface area (Å²) in [6.07, 6.45) is 6.76. The molecule has 0 spiro atoms. The van der Waals surface area contributed by atoms with Gasteiger partial charge in [0.25, 0.3) is 0 Å². The van der Waals surface area contributed by atoms with E-state index in [1.54, 1.807) is 0 Å². The van der Waals surface area contributed by atoms with Crippen LogP contribution in [-0.2, 0) is 4.74 Å². The number of ether oxygens (including phenoxy) is 1. The number of aliphatic hydroxyl groups is 1. The molecule has 0 radical (unpaired) electrons. The number of alkyl carbamates (subject to hydrolysis) is 1. The third-order valence-corrected chi connectivity index (χ3v) is 4.65. The van der Waals surface area contributed by atoms with Crippen LogP contribution < -0.4 is 10.6 Å². The van der Waals surface area contributed by atoms with Crippen molar-refractivity contribution in [3.63, 3.8) is 0 Å². The van der Waals surface area contributed by atoms with Gasteiger partial charge in [-0.3, -0.25) is 0 Å². The van der Waals surface area contributed by atoms with Gasteiger partial charge in [0, 0.05) is 31.7 Å². The molecule has 0 saturated carbocycles. The van der Waals surface area contributed by atoms with Gasteiger partial charge in [0.1, 0.15) is 5.60 Å². The summed E-state index contributed by atoms with van der Waals surface area (Å²) >= 11 is 0. The molecule has 23 heavy (non-hydrogen) atoms. The Morgan fingerprint density at radius 3 is 2.35 bits per heavy atom. The number of amides is 1. The predicted octanol–water partition coefficient (Wildman–Crippen LogP) is 2.84. The van der Waals surface area contributed by atoms with Gasteiger partial charge in [0.2, 0.25) is 0 Å². The highest BCUT2D eigenvalue weighted by Gasteiger charge is 2.29. The van der Waals surface area contributed by atoms with E-state index in [0.29, 0.717) is 12.6 Å². The minimum atomic E-state index is -0.475. The number of rotatable bonds is 8. The van der Waals surface area contributed by atoms with E-state index in [-0.39, 0.29) is 24.0 Å². The van der Waals surface area contributed by atoms with Crippen LogP contribution in [0.5, 0.6) is 0 Å². The molecular formula is C18H34N2O3. The molecule has 1 aliphatic carbocycles. The van der Waals surface area contributed by atoms with Crippen molar-refractivity contribution in [2.24, 2.45) is 11.3 Å². The highest BCUT2D eigenvalue weighted by Crippen LogP contribution is 2.26. The SMILES string of the molecule is CCC(CC)(CNC(=O)OC(C)(C)C)CN[C@@H]1C=C[C@H](CO)C1. The second kappa shape index (κ2) is 8.69. The van der Waals surface area contributed by atoms with E-state index < -0.39 is 5.60 Å². The number of nitrogens with one attached hydrogen (secondary N) is 2. The van der Waals surface area contributed by atoms with Crippen LogP contribution in [0, 0.1) is 11.3 Å². The van der Waals surface area contributed by atoms with Gasteiger partial charge in [0.15, 0.2) is 0 Å². The van der Waals surface area contributed by atoms with Gasteiger partial charge in [-0.15, -0.1) is 0 Å². The molecule has 0 heterocycles. The predicted molar refractivity (Wildman–Crippen MR) is 93.4 cm³/mol. The maximum Gasteiger partial charge on any atom is 0.407 e. The molecule has 1 amide bonds. The average Bonchev–Trinajstić information content (AvgIpc) is 2.94. The van der Waals surface area contributed by atoms with Crippen molar-refractivity contribution in [1.29, 1.82) is 0 Å². The van der Waals surface area contributed by atoms with Crippen molar-refractivity contribution < 1.29 is 14.6 Å². The standard InChI is InChI=1S/C18H34N2O3/c1-6-18(7-2,13-20-16(22)23-17(3,4)5)12-19-15-9-8-14(10-15)11-21/h8-9,14-15,19,21H,6-7,10-13H2,1-5H3,(H,20,22)/t14-,15+/m0/s1. The Morgan fingerprint density at radius 2 is 1.87 bits per heavy atom. The van der Waals surface area contributed by atoms with Gasteiger partial charge in [-0.1, -0.05) is 26.0 Å². The van der Waals surface area contributed by atoms with Crippen molar-refractivity contribution in [1.82, 2.24) is 10.6 Å². The number of hydrogen-bond donors (Lipinski definition) is 3. The molecule has 0 aromatic heterocycles. The zero-order valence-corrected chi connectivity index (χ0v) is 15.3. The summed E-state index contributed by atoms with van der Waals surface area (Å²) in [6.45, 7) is 11.6. The van der Waals surface area contributed by atoms with Gasteiger partial charge in [0.05, 0.1) is 0 Å². The molecule has 0 aromatic carbocycles. The van der Waals surface area contributed by atoms with Gasteiger partial charge in [-0.2, -0.15) is 0 Å². The maximum atomic E-state index is 11.9. The number of aliphatic hydroxyl groups excluding tert-OH is 1. The van der Waals surface area contributed by atoms with Crippen molar-refractivity contribution in [2.75, 3.05) is 19.7 Å². The molecule has 0 bridgehead atoms. The molecular weight excluding hydrogens is 292 g/mol. The van der Waals surface area contributed by atoms with E-state index in [2.05, 4.69) is 36.6 Å². The molecule has 0 saturated heterocycles. The van der Waals surface area contributed by atoms with Crippen LogP contribution in [0.2, 0.25) is 0 Å². The van der Waals surface area contributed by atoms with E-state index >= 15 is 0 Å². The summed E-state index contributed by atoms with van der Waals surface area (Å²) in [7, 11) is 0. The highest BCUT2D eigenvalue weighted by atomic mass is 16.6. The van der Waals surface area contributed by atoms with Crippen molar-refractivity contribution >= 4 is 6.09 Å². The minimum absolute atomic E-state index is 0.0159. The van der Waals surface area contributed by atoms with Crippen LogP contribution in [0.4, 0.5) is 4.79 Å². The van der Waals surface area contributed by atoms with E-state index in [0.717, 1.165) is 25.8 Å². The molecule has 5 heteroatoms. The Labute approximate surface area is 140 Å². The van der Waals surface area contributed by atoms with Gasteiger partial charge < -0.3 is 20.5 Å². The first-order valence-electron chi connectivity index (χ1n) is 8.73. The summed E-state index contributed by atoms with van der Waals surface area (Å²) in [5, 5.41) is 15.7. The van der Waals surface area contributed by atoms with Crippen molar-refractivity contribution in [3.8, 4) is 0 Å². The van der Waals surface area contributed by atoms with Gasteiger partial charge >= 0.3 is 6.09 Å². The fourth-order valence-corrected chi connectivity index (χ4v) is 2.80. The molecule has 0 aromatic rings. The lowest BCUT2D eigenvalue weighted by Gasteiger charge is -2.34. The van der Waals surface area contributed by atoms with E-state index in [1.807, 2.05) is 20.8 Å². The first-order valence-corrected chi connectivity index (χ1v) is 8.73. The minimum Gasteiger partial charge on any atom is -0.444 e. The lowest BCUT2D eigenvalue weighted by atomic mass is 9.82. The lowest BCUT2D eigenvalue weighted by molar-refractivity contribution is 0.0494. The second-order valence-corrected chi connectivity index (χ2v) is 7.61. The number of carbonyl (C=O) groups is 1. The van der Waals surface area contributed by atoms with Crippen molar-refractivity contribution in [2.45, 2.75) is 65.5 Å². The zero-order valence-electron chi connectivity index (χ0n) is 15.3. The summed E-state index contributed by atoms with van der Waals surface area (Å²) in [5.41, 5.74) is -0.459. The smallest absolute Gasteiger partial charge is 0.407 e. The van der Waals surface area contributed by atoms with Crippen LogP contribution >= 0.6 is 0 Å². The number of carbonyl (C=O) groups excluding carboxylic acids is 1. The summed E-state index contributed by atoms with van der Waals surface area (Å²) in [6, 6.07) is 0.311. The molecule has 1 aliphatic rings. The summed E-state index contributed by atoms with van der Waals surface area (Å²) in [4.78, 5) is 11.9. The van der Waals surface area contributed by atoms with E-state index in [4.69, 9.17) is 4.74 Å². The van der Waals surface area contributed by atoms with Crippen LogP contribution in [0.25, 0.3) is 0 Å². The molecule has 1 rings (SSSR count). The highest BCUT2D eigenvalue weighted by molar-refractivity contribution is 5.67. The van der Waals surface area contributed by atoms with Gasteiger partial charge in [-0.05, 0) is 45.4 Å². The Morgan fingerprint density at radius 1 is 1.22 bits per heavy atom. The third-order valence-electron chi connectivity index (χ3n) is 4.65. The molecule has 5 nitrogen and oxygen atoms in total. The molecule has 134 valence electrons. The molecule has 2 atom stereocenters. The Kier molecular flexibility index (Phi) is 7.55. The normalized spacial score (nSPS) is 21.5. The van der Waals surface area contributed by atoms with E-state index in [9.17, 15) is 9.90 Å². The van der Waals surface area contributed by atoms with E-state index in [1.165, 1.54) is 0 Å². The van der Waals surface area contributed by atoms with Crippen LogP contribution in [0.3, 0.4) is 0 Å². The van der Waals surface area contributed by atoms with Gasteiger partial charge in [-0.25, -0.2) is 4.79 Å². The third kappa shape index (κ3) is 6.92. The molecule has 0 fully saturated rings. The zero-order chi connectivity index (χ0) is 17.5. The topological polar surface area (TPSA) is 70.6 Å². The fraction of sp³-hybridized carbons (Fsp3) is 0.833. The van der Waals surface area contributed by atoms with Crippen LogP contribution in [-0.4, -0.2) is 42.5 Å². The van der Waals surface area contributed by atoms with Crippen LogP contribution in [0.15, 0.2) is 12.2 Å². The Balaban J connectivity index is 2.48. The molecule has 0 aliphatic heterocycles. The maximum absolute atomic E-state index is 11.9. The largest absolute Gasteiger partial charge is 0.444 e. The Bertz CT molecular complexity index is 398. The summed E-state index contributed by atoms with van der Waals surface area (Å²) in [5.74, 6) is 0.269. The van der Waals surface area contributed by atoms with Crippen molar-refractivity contribution in [3.05, 3.63) is 12.2 Å².